The molecule has 0 unspecified atom stereocenters. The third kappa shape index (κ3) is 2.54. The van der Waals surface area contributed by atoms with Gasteiger partial charge in [0.25, 0.3) is 0 Å². The van der Waals surface area contributed by atoms with Crippen molar-refractivity contribution in [3.05, 3.63) is 68.1 Å². The number of allylic oxidation sites excluding steroid dienone is 2. The van der Waals surface area contributed by atoms with Gasteiger partial charge in [-0.25, -0.2) is 0 Å². The molecule has 2 aromatic carbocycles. The average molecular weight is 425 g/mol. The van der Waals surface area contributed by atoms with Crippen LogP contribution in [0.4, 0.5) is 5.69 Å². The predicted molar refractivity (Wildman–Crippen MR) is 104 cm³/mol. The van der Waals surface area contributed by atoms with Crippen molar-refractivity contribution < 1.29 is 4.74 Å². The first kappa shape index (κ1) is 16.3. The van der Waals surface area contributed by atoms with Crippen LogP contribution < -0.4 is 10.1 Å². The van der Waals surface area contributed by atoms with Crippen LogP contribution in [0, 0.1) is 5.92 Å². The standard InChI is InChI=1S/C19H16BrCl2NO/c1-24-16-8-5-10(20)9-14(16)18-12-4-2-3-11(12)13-6-7-15(21)17(22)19(13)23-18/h2-3,5-9,11-12,18,23H,4H2,1H3/t11-,12+,18-/m1/s1. The van der Waals surface area contributed by atoms with Crippen molar-refractivity contribution in [1.29, 1.82) is 0 Å². The van der Waals surface area contributed by atoms with E-state index in [4.69, 9.17) is 27.9 Å². The Hall–Kier alpha value is -1.16. The zero-order chi connectivity index (χ0) is 16.8. The van der Waals surface area contributed by atoms with Crippen LogP contribution in [0.25, 0.3) is 0 Å². The summed E-state index contributed by atoms with van der Waals surface area (Å²) >= 11 is 16.3. The fourth-order valence-corrected chi connectivity index (χ4v) is 4.62. The molecule has 0 amide bonds. The minimum absolute atomic E-state index is 0.112. The van der Waals surface area contributed by atoms with Crippen molar-refractivity contribution in [3.8, 4) is 5.75 Å². The molecule has 24 heavy (non-hydrogen) atoms. The van der Waals surface area contributed by atoms with E-state index in [1.807, 2.05) is 18.2 Å². The third-order valence-electron chi connectivity index (χ3n) is 4.95. The molecule has 0 saturated carbocycles. The zero-order valence-corrected chi connectivity index (χ0v) is 16.1. The Labute approximate surface area is 159 Å². The Morgan fingerprint density at radius 3 is 2.79 bits per heavy atom. The van der Waals surface area contributed by atoms with E-state index in [1.54, 1.807) is 7.11 Å². The molecule has 0 aromatic heterocycles. The highest BCUT2D eigenvalue weighted by Gasteiger charge is 2.40. The molecule has 0 fully saturated rings. The molecule has 3 atom stereocenters. The number of hydrogen-bond acceptors (Lipinski definition) is 2. The van der Waals surface area contributed by atoms with E-state index in [0.29, 0.717) is 21.9 Å². The van der Waals surface area contributed by atoms with Crippen LogP contribution in [0.5, 0.6) is 5.75 Å². The highest BCUT2D eigenvalue weighted by atomic mass is 79.9. The van der Waals surface area contributed by atoms with Gasteiger partial charge in [-0.3, -0.25) is 0 Å². The Kier molecular flexibility index (Phi) is 4.27. The summed E-state index contributed by atoms with van der Waals surface area (Å²) in [4.78, 5) is 0. The van der Waals surface area contributed by atoms with Gasteiger partial charge < -0.3 is 10.1 Å². The topological polar surface area (TPSA) is 21.3 Å². The van der Waals surface area contributed by atoms with Gasteiger partial charge in [0.05, 0.1) is 28.9 Å². The first-order valence-electron chi connectivity index (χ1n) is 7.84. The summed E-state index contributed by atoms with van der Waals surface area (Å²) in [7, 11) is 1.71. The average Bonchev–Trinajstić information content (AvgIpc) is 3.07. The maximum atomic E-state index is 6.50. The Balaban J connectivity index is 1.87. The van der Waals surface area contributed by atoms with Crippen molar-refractivity contribution in [2.45, 2.75) is 18.4 Å². The van der Waals surface area contributed by atoms with Gasteiger partial charge in [0.2, 0.25) is 0 Å². The van der Waals surface area contributed by atoms with Crippen LogP contribution in [0.15, 0.2) is 47.0 Å². The van der Waals surface area contributed by atoms with Crippen LogP contribution in [-0.2, 0) is 0 Å². The van der Waals surface area contributed by atoms with Crippen LogP contribution >= 0.6 is 39.1 Å². The Morgan fingerprint density at radius 2 is 2.00 bits per heavy atom. The molecule has 0 bridgehead atoms. The zero-order valence-electron chi connectivity index (χ0n) is 13.0. The number of hydrogen-bond donors (Lipinski definition) is 1. The summed E-state index contributed by atoms with van der Waals surface area (Å²) in [5, 5.41) is 4.80. The molecule has 2 aliphatic rings. The van der Waals surface area contributed by atoms with Gasteiger partial charge in [0.15, 0.2) is 0 Å². The van der Waals surface area contributed by atoms with Crippen molar-refractivity contribution in [1.82, 2.24) is 0 Å². The van der Waals surface area contributed by atoms with Crippen molar-refractivity contribution in [2.75, 3.05) is 12.4 Å². The third-order valence-corrected chi connectivity index (χ3v) is 6.25. The van der Waals surface area contributed by atoms with Crippen LogP contribution in [0.1, 0.15) is 29.5 Å². The SMILES string of the molecule is COc1ccc(Br)cc1[C@@H]1Nc2c(ccc(Cl)c2Cl)[C@@H]2C=CC[C@@H]21. The minimum Gasteiger partial charge on any atom is -0.496 e. The molecule has 0 saturated heterocycles. The molecule has 0 radical (unpaired) electrons. The lowest BCUT2D eigenvalue weighted by molar-refractivity contribution is 0.381. The molecule has 4 rings (SSSR count). The van der Waals surface area contributed by atoms with Gasteiger partial charge >= 0.3 is 0 Å². The van der Waals surface area contributed by atoms with Gasteiger partial charge in [-0.15, -0.1) is 0 Å². The maximum absolute atomic E-state index is 6.50. The fourth-order valence-electron chi connectivity index (χ4n) is 3.86. The molecular formula is C19H16BrCl2NO. The normalized spacial score (nSPS) is 24.2. The Bertz CT molecular complexity index is 836. The van der Waals surface area contributed by atoms with E-state index in [9.17, 15) is 0 Å². The first-order valence-corrected chi connectivity index (χ1v) is 9.39. The van der Waals surface area contributed by atoms with E-state index < -0.39 is 0 Å². The number of methoxy groups -OCH3 is 1. The summed E-state index contributed by atoms with van der Waals surface area (Å²) in [6.07, 6.45) is 5.57. The predicted octanol–water partition coefficient (Wildman–Crippen LogP) is 6.59. The largest absolute Gasteiger partial charge is 0.496 e. The molecule has 0 spiro atoms. The Morgan fingerprint density at radius 1 is 1.17 bits per heavy atom. The number of halogens is 3. The van der Waals surface area contributed by atoms with Crippen molar-refractivity contribution >= 4 is 44.8 Å². The lowest BCUT2D eigenvalue weighted by Gasteiger charge is -2.38. The second-order valence-electron chi connectivity index (χ2n) is 6.19. The van der Waals surface area contributed by atoms with E-state index in [-0.39, 0.29) is 6.04 Å². The molecule has 2 aromatic rings. The molecule has 2 nitrogen and oxygen atoms in total. The summed E-state index contributed by atoms with van der Waals surface area (Å²) in [5.41, 5.74) is 3.28. The van der Waals surface area contributed by atoms with Crippen LogP contribution in [0.3, 0.4) is 0 Å². The number of rotatable bonds is 2. The van der Waals surface area contributed by atoms with Gasteiger partial charge in [0.1, 0.15) is 5.75 Å². The van der Waals surface area contributed by atoms with E-state index in [1.165, 1.54) is 5.56 Å². The van der Waals surface area contributed by atoms with Gasteiger partial charge in [0, 0.05) is 16.0 Å². The fraction of sp³-hybridized carbons (Fsp3) is 0.263. The lowest BCUT2D eigenvalue weighted by Crippen LogP contribution is -2.29. The number of nitrogens with one attached hydrogen (secondary N) is 1. The van der Waals surface area contributed by atoms with Crippen molar-refractivity contribution in [2.24, 2.45) is 5.92 Å². The molecule has 5 heteroatoms. The summed E-state index contributed by atoms with van der Waals surface area (Å²) in [5.74, 6) is 1.64. The van der Waals surface area contributed by atoms with E-state index >= 15 is 0 Å². The maximum Gasteiger partial charge on any atom is 0.124 e. The molecule has 1 aliphatic carbocycles. The first-order chi connectivity index (χ1) is 11.6. The molecule has 1 aliphatic heterocycles. The minimum atomic E-state index is 0.112. The lowest BCUT2D eigenvalue weighted by atomic mass is 9.77. The van der Waals surface area contributed by atoms with Crippen LogP contribution in [0.2, 0.25) is 10.0 Å². The second-order valence-corrected chi connectivity index (χ2v) is 7.89. The highest BCUT2D eigenvalue weighted by Crippen LogP contribution is 2.53. The quantitative estimate of drug-likeness (QED) is 0.549. The van der Waals surface area contributed by atoms with E-state index in [0.717, 1.165) is 27.9 Å². The number of fused-ring (bicyclic) bond motifs is 3. The monoisotopic (exact) mass is 423 g/mol. The highest BCUT2D eigenvalue weighted by molar-refractivity contribution is 9.10. The smallest absolute Gasteiger partial charge is 0.124 e. The summed E-state index contributed by atoms with van der Waals surface area (Å²) < 4.78 is 6.64. The summed E-state index contributed by atoms with van der Waals surface area (Å²) in [6.45, 7) is 0. The number of anilines is 1. The second kappa shape index (κ2) is 6.29. The summed E-state index contributed by atoms with van der Waals surface area (Å²) in [6, 6.07) is 10.2. The number of benzene rings is 2. The molecule has 1 heterocycles. The molecule has 1 N–H and O–H groups in total. The number of ether oxygens (including phenoxy) is 1. The van der Waals surface area contributed by atoms with Crippen molar-refractivity contribution in [3.63, 3.8) is 0 Å². The molecular weight excluding hydrogens is 409 g/mol. The van der Waals surface area contributed by atoms with Gasteiger partial charge in [-0.1, -0.05) is 57.4 Å². The van der Waals surface area contributed by atoms with E-state index in [2.05, 4.69) is 45.5 Å². The molecule has 124 valence electrons. The van der Waals surface area contributed by atoms with Crippen LogP contribution in [-0.4, -0.2) is 7.11 Å². The van der Waals surface area contributed by atoms with Gasteiger partial charge in [-0.2, -0.15) is 0 Å². The van der Waals surface area contributed by atoms with Gasteiger partial charge in [-0.05, 0) is 42.2 Å².